The molecule has 0 aromatic heterocycles. The summed E-state index contributed by atoms with van der Waals surface area (Å²) in [6.45, 7) is 2.06. The Morgan fingerprint density at radius 3 is 2.27 bits per heavy atom. The minimum atomic E-state index is -0.940. The predicted octanol–water partition coefficient (Wildman–Crippen LogP) is 1.40. The van der Waals surface area contributed by atoms with Gasteiger partial charge < -0.3 is 9.84 Å². The fourth-order valence-electron chi connectivity index (χ4n) is 0.984. The SMILES string of the molecule is CCOC(=O)C(S)CCCC(S)C(=O)O. The van der Waals surface area contributed by atoms with Crippen molar-refractivity contribution in [2.24, 2.45) is 0 Å². The van der Waals surface area contributed by atoms with Crippen molar-refractivity contribution < 1.29 is 19.4 Å². The summed E-state index contributed by atoms with van der Waals surface area (Å²) in [5, 5.41) is 7.41. The van der Waals surface area contributed by atoms with Gasteiger partial charge in [-0.05, 0) is 19.8 Å². The number of rotatable bonds is 7. The van der Waals surface area contributed by atoms with E-state index < -0.39 is 16.5 Å². The van der Waals surface area contributed by atoms with E-state index in [9.17, 15) is 9.59 Å². The van der Waals surface area contributed by atoms with Gasteiger partial charge in [-0.1, -0.05) is 6.42 Å². The molecule has 1 N–H and O–H groups in total. The van der Waals surface area contributed by atoms with Crippen LogP contribution in [0.1, 0.15) is 26.2 Å². The Hall–Kier alpha value is -0.360. The maximum atomic E-state index is 11.1. The largest absolute Gasteiger partial charge is 0.480 e. The second-order valence-corrected chi connectivity index (χ2v) is 4.30. The minimum Gasteiger partial charge on any atom is -0.480 e. The van der Waals surface area contributed by atoms with Gasteiger partial charge in [0.1, 0.15) is 0 Å². The molecule has 2 unspecified atom stereocenters. The van der Waals surface area contributed by atoms with Gasteiger partial charge in [0, 0.05) is 0 Å². The summed E-state index contributed by atoms with van der Waals surface area (Å²) in [7, 11) is 0. The summed E-state index contributed by atoms with van der Waals surface area (Å²) in [6, 6.07) is 0. The van der Waals surface area contributed by atoms with Crippen molar-refractivity contribution in [2.45, 2.75) is 36.7 Å². The van der Waals surface area contributed by atoms with Crippen LogP contribution >= 0.6 is 25.3 Å². The highest BCUT2D eigenvalue weighted by Crippen LogP contribution is 2.13. The molecule has 0 amide bonds. The lowest BCUT2D eigenvalue weighted by atomic mass is 10.1. The topological polar surface area (TPSA) is 63.6 Å². The molecule has 0 heterocycles. The van der Waals surface area contributed by atoms with Crippen molar-refractivity contribution in [3.63, 3.8) is 0 Å². The second-order valence-electron chi connectivity index (χ2n) is 3.05. The van der Waals surface area contributed by atoms with Crippen LogP contribution in [-0.4, -0.2) is 34.2 Å². The van der Waals surface area contributed by atoms with Gasteiger partial charge >= 0.3 is 11.9 Å². The van der Waals surface area contributed by atoms with E-state index in [2.05, 4.69) is 25.3 Å². The molecule has 0 fully saturated rings. The molecule has 88 valence electrons. The van der Waals surface area contributed by atoms with E-state index in [4.69, 9.17) is 9.84 Å². The quantitative estimate of drug-likeness (QED) is 0.473. The smallest absolute Gasteiger partial charge is 0.318 e. The molecule has 4 nitrogen and oxygen atoms in total. The van der Waals surface area contributed by atoms with Gasteiger partial charge in [-0.2, -0.15) is 25.3 Å². The fraction of sp³-hybridized carbons (Fsp3) is 0.778. The average Bonchev–Trinajstić information content (AvgIpc) is 2.17. The van der Waals surface area contributed by atoms with Crippen molar-refractivity contribution in [3.05, 3.63) is 0 Å². The Balaban J connectivity index is 3.67. The Labute approximate surface area is 100 Å². The van der Waals surface area contributed by atoms with Gasteiger partial charge in [0.2, 0.25) is 0 Å². The van der Waals surface area contributed by atoms with Gasteiger partial charge in [0.15, 0.2) is 0 Å². The molecule has 0 aliphatic rings. The van der Waals surface area contributed by atoms with Crippen molar-refractivity contribution in [1.29, 1.82) is 0 Å². The number of carbonyl (C=O) groups excluding carboxylic acids is 1. The number of ether oxygens (including phenoxy) is 1. The van der Waals surface area contributed by atoms with E-state index in [1.165, 1.54) is 0 Å². The molecule has 2 atom stereocenters. The number of hydrogen-bond donors (Lipinski definition) is 3. The molecule has 15 heavy (non-hydrogen) atoms. The fourth-order valence-corrected chi connectivity index (χ4v) is 1.42. The molecule has 0 aromatic carbocycles. The van der Waals surface area contributed by atoms with E-state index in [1.807, 2.05) is 0 Å². The average molecular weight is 252 g/mol. The van der Waals surface area contributed by atoms with Crippen LogP contribution in [0.4, 0.5) is 0 Å². The first-order valence-corrected chi connectivity index (χ1v) is 5.77. The van der Waals surface area contributed by atoms with Crippen molar-refractivity contribution in [1.82, 2.24) is 0 Å². The second kappa shape index (κ2) is 7.87. The lowest BCUT2D eigenvalue weighted by Crippen LogP contribution is -2.19. The summed E-state index contributed by atoms with van der Waals surface area (Å²) >= 11 is 7.95. The molecular formula is C9H16O4S2. The molecule has 0 saturated heterocycles. The lowest BCUT2D eigenvalue weighted by Gasteiger charge is -2.10. The predicted molar refractivity (Wildman–Crippen MR) is 63.7 cm³/mol. The molecule has 0 saturated carbocycles. The Morgan fingerprint density at radius 2 is 1.80 bits per heavy atom. The number of aliphatic carboxylic acids is 1. The maximum Gasteiger partial charge on any atom is 0.318 e. The van der Waals surface area contributed by atoms with Crippen LogP contribution < -0.4 is 0 Å². The number of esters is 1. The van der Waals surface area contributed by atoms with Crippen LogP contribution in [0, 0.1) is 0 Å². The molecule has 6 heteroatoms. The summed E-state index contributed by atoms with van der Waals surface area (Å²) < 4.78 is 4.76. The maximum absolute atomic E-state index is 11.1. The standard InChI is InChI=1S/C9H16O4S2/c1-2-13-9(12)7(15)5-3-4-6(14)8(10)11/h6-7,14-15H,2-5H2,1H3,(H,10,11). The van der Waals surface area contributed by atoms with Gasteiger partial charge in [0.05, 0.1) is 17.1 Å². The summed E-state index contributed by atoms with van der Waals surface area (Å²) in [4.78, 5) is 21.5. The summed E-state index contributed by atoms with van der Waals surface area (Å²) in [6.07, 6.45) is 1.52. The molecular weight excluding hydrogens is 236 g/mol. The summed E-state index contributed by atoms with van der Waals surface area (Å²) in [5.74, 6) is -1.29. The highest BCUT2D eigenvalue weighted by molar-refractivity contribution is 7.82. The van der Waals surface area contributed by atoms with Crippen LogP contribution in [-0.2, 0) is 14.3 Å². The first kappa shape index (κ1) is 14.6. The third-order valence-electron chi connectivity index (χ3n) is 1.80. The molecule has 0 aliphatic carbocycles. The van der Waals surface area contributed by atoms with Gasteiger partial charge in [-0.3, -0.25) is 9.59 Å². The number of carbonyl (C=O) groups is 2. The minimum absolute atomic E-state index is 0.334. The zero-order valence-corrected chi connectivity index (χ0v) is 10.3. The molecule has 0 aliphatic heterocycles. The lowest BCUT2D eigenvalue weighted by molar-refractivity contribution is -0.142. The van der Waals surface area contributed by atoms with Gasteiger partial charge in [-0.15, -0.1) is 0 Å². The molecule has 0 aromatic rings. The normalized spacial score (nSPS) is 14.3. The van der Waals surface area contributed by atoms with E-state index in [0.29, 0.717) is 25.9 Å². The van der Waals surface area contributed by atoms with Crippen molar-refractivity contribution >= 4 is 37.2 Å². The van der Waals surface area contributed by atoms with Crippen LogP contribution in [0.15, 0.2) is 0 Å². The Morgan fingerprint density at radius 1 is 1.27 bits per heavy atom. The van der Waals surface area contributed by atoms with E-state index in [-0.39, 0.29) is 5.97 Å². The van der Waals surface area contributed by atoms with Crippen molar-refractivity contribution in [2.75, 3.05) is 6.61 Å². The van der Waals surface area contributed by atoms with Gasteiger partial charge in [0.25, 0.3) is 0 Å². The Bertz CT molecular complexity index is 220. The van der Waals surface area contributed by atoms with E-state index >= 15 is 0 Å². The summed E-state index contributed by atoms with van der Waals surface area (Å²) in [5.41, 5.74) is 0. The van der Waals surface area contributed by atoms with Crippen LogP contribution in [0.3, 0.4) is 0 Å². The van der Waals surface area contributed by atoms with Crippen LogP contribution in [0.2, 0.25) is 0 Å². The highest BCUT2D eigenvalue weighted by atomic mass is 32.1. The number of thiol groups is 2. The third kappa shape index (κ3) is 6.67. The molecule has 0 rings (SSSR count). The number of carboxylic acids is 1. The Kier molecular flexibility index (Phi) is 7.68. The van der Waals surface area contributed by atoms with E-state index in [1.54, 1.807) is 6.92 Å². The first-order chi connectivity index (χ1) is 6.99. The highest BCUT2D eigenvalue weighted by Gasteiger charge is 2.17. The zero-order valence-electron chi connectivity index (χ0n) is 8.55. The zero-order chi connectivity index (χ0) is 11.8. The third-order valence-corrected chi connectivity index (χ3v) is 2.75. The molecule has 0 radical (unpaired) electrons. The van der Waals surface area contributed by atoms with Crippen LogP contribution in [0.25, 0.3) is 0 Å². The molecule has 0 spiro atoms. The van der Waals surface area contributed by atoms with E-state index in [0.717, 1.165) is 0 Å². The van der Waals surface area contributed by atoms with Crippen LogP contribution in [0.5, 0.6) is 0 Å². The number of hydrogen-bond acceptors (Lipinski definition) is 5. The first-order valence-electron chi connectivity index (χ1n) is 4.74. The van der Waals surface area contributed by atoms with Gasteiger partial charge in [-0.25, -0.2) is 0 Å². The monoisotopic (exact) mass is 252 g/mol. The van der Waals surface area contributed by atoms with Crippen molar-refractivity contribution in [3.8, 4) is 0 Å². The number of carboxylic acid groups (broad SMARTS) is 1. The molecule has 0 bridgehead atoms.